The Kier molecular flexibility index (Phi) is 6.73. The van der Waals surface area contributed by atoms with E-state index in [-0.39, 0.29) is 28.3 Å². The highest BCUT2D eigenvalue weighted by atomic mass is 32.2. The lowest BCUT2D eigenvalue weighted by Crippen LogP contribution is -2.35. The molecule has 8 nitrogen and oxygen atoms in total. The van der Waals surface area contributed by atoms with Gasteiger partial charge in [-0.2, -0.15) is 0 Å². The second-order valence-electron chi connectivity index (χ2n) is 7.49. The minimum absolute atomic E-state index is 0.101. The summed E-state index contributed by atoms with van der Waals surface area (Å²) in [6.45, 7) is 11.3. The summed E-state index contributed by atoms with van der Waals surface area (Å²) < 4.78 is 26.9. The number of carbonyl (C=O) groups excluding carboxylic acids is 2. The van der Waals surface area contributed by atoms with Crippen LogP contribution in [0.4, 0.5) is 10.5 Å². The second-order valence-corrected chi connectivity index (χ2v) is 9.17. The van der Waals surface area contributed by atoms with Gasteiger partial charge < -0.3 is 5.32 Å². The van der Waals surface area contributed by atoms with Crippen LogP contribution in [0.2, 0.25) is 0 Å². The molecule has 0 saturated carbocycles. The van der Waals surface area contributed by atoms with Crippen molar-refractivity contribution < 1.29 is 18.0 Å². The van der Waals surface area contributed by atoms with Crippen molar-refractivity contribution in [1.82, 2.24) is 14.7 Å². The minimum atomic E-state index is -4.19. The molecule has 0 bridgehead atoms. The number of urea groups is 1. The Hall–Kier alpha value is -2.81. The number of aromatic nitrogens is 2. The van der Waals surface area contributed by atoms with Crippen LogP contribution >= 0.6 is 0 Å². The van der Waals surface area contributed by atoms with E-state index in [2.05, 4.69) is 15.3 Å². The molecular formula is C20H26N4O4S. The first-order chi connectivity index (χ1) is 13.4. The van der Waals surface area contributed by atoms with Gasteiger partial charge >= 0.3 is 6.03 Å². The van der Waals surface area contributed by atoms with Crippen molar-refractivity contribution >= 4 is 27.5 Å². The molecule has 1 aromatic heterocycles. The Morgan fingerprint density at radius 1 is 0.966 bits per heavy atom. The summed E-state index contributed by atoms with van der Waals surface area (Å²) in [6, 6.07) is 3.08. The monoisotopic (exact) mass is 418 g/mol. The van der Waals surface area contributed by atoms with Crippen LogP contribution in [0.15, 0.2) is 29.4 Å². The van der Waals surface area contributed by atoms with Crippen LogP contribution in [-0.4, -0.2) is 30.2 Å². The van der Waals surface area contributed by atoms with Crippen LogP contribution in [0.5, 0.6) is 0 Å². The van der Waals surface area contributed by atoms with Crippen LogP contribution in [0.25, 0.3) is 0 Å². The smallest absolute Gasteiger partial charge is 0.307 e. The molecule has 2 amide bonds. The summed E-state index contributed by atoms with van der Waals surface area (Å²) in [4.78, 5) is 30.9. The van der Waals surface area contributed by atoms with E-state index in [4.69, 9.17) is 0 Å². The zero-order valence-corrected chi connectivity index (χ0v) is 18.2. The molecule has 1 aromatic carbocycles. The van der Waals surface area contributed by atoms with E-state index < -0.39 is 16.1 Å². The summed E-state index contributed by atoms with van der Waals surface area (Å²) in [6.07, 6.45) is 1.98. The lowest BCUT2D eigenvalue weighted by molar-refractivity contribution is 0.100. The molecule has 0 aliphatic heterocycles. The highest BCUT2D eigenvalue weighted by Crippen LogP contribution is 2.33. The molecule has 0 aliphatic carbocycles. The molecule has 2 aromatic rings. The molecule has 0 radical (unpaired) electrons. The summed E-state index contributed by atoms with van der Waals surface area (Å²) in [5.41, 5.74) is 3.53. The maximum Gasteiger partial charge on any atom is 0.333 e. The number of nitrogens with zero attached hydrogens (tertiary/aromatic N) is 2. The van der Waals surface area contributed by atoms with Gasteiger partial charge in [-0.1, -0.05) is 45.4 Å². The quantitative estimate of drug-likeness (QED) is 0.690. The number of nitrogens with one attached hydrogen (secondary N) is 2. The molecule has 2 rings (SSSR count). The van der Waals surface area contributed by atoms with E-state index in [1.165, 1.54) is 6.92 Å². The van der Waals surface area contributed by atoms with E-state index in [0.717, 1.165) is 29.1 Å². The van der Waals surface area contributed by atoms with Gasteiger partial charge in [0.05, 0.1) is 12.4 Å². The van der Waals surface area contributed by atoms with Crippen LogP contribution in [0.1, 0.15) is 73.8 Å². The van der Waals surface area contributed by atoms with Crippen molar-refractivity contribution in [2.24, 2.45) is 0 Å². The van der Waals surface area contributed by atoms with Crippen LogP contribution in [0, 0.1) is 6.92 Å². The number of ketones is 1. The first kappa shape index (κ1) is 22.5. The van der Waals surface area contributed by atoms with E-state index in [1.54, 1.807) is 0 Å². The number of Topliss-reactive ketones (excluding diaryl/α,β-unsaturated/α-hetero) is 1. The predicted molar refractivity (Wildman–Crippen MR) is 111 cm³/mol. The van der Waals surface area contributed by atoms with E-state index in [0.29, 0.717) is 5.69 Å². The molecule has 0 fully saturated rings. The summed E-state index contributed by atoms with van der Waals surface area (Å²) >= 11 is 0. The first-order valence-electron chi connectivity index (χ1n) is 9.23. The standard InChI is InChI=1S/C20H26N4O4S/c1-11(2)16-7-13(5)8-17(12(3)4)18(16)23-20(26)24-29(27,28)15-9-21-19(14(6)25)22-10-15/h7-12H,1-6H3,(H2,23,24,26). The third kappa shape index (κ3) is 5.38. The van der Waals surface area contributed by atoms with E-state index >= 15 is 0 Å². The molecule has 0 aliphatic rings. The number of benzene rings is 1. The number of rotatable bonds is 6. The molecule has 0 atom stereocenters. The second kappa shape index (κ2) is 8.69. The molecular weight excluding hydrogens is 392 g/mol. The molecule has 1 heterocycles. The van der Waals surface area contributed by atoms with Gasteiger partial charge in [-0.3, -0.25) is 4.79 Å². The fourth-order valence-corrected chi connectivity index (χ4v) is 3.65. The van der Waals surface area contributed by atoms with Gasteiger partial charge in [0, 0.05) is 12.6 Å². The Labute approximate surface area is 171 Å². The molecule has 0 spiro atoms. The highest BCUT2D eigenvalue weighted by Gasteiger charge is 2.22. The van der Waals surface area contributed by atoms with Crippen molar-refractivity contribution in [3.05, 3.63) is 47.0 Å². The van der Waals surface area contributed by atoms with Gasteiger partial charge in [0.25, 0.3) is 10.0 Å². The Morgan fingerprint density at radius 3 is 1.86 bits per heavy atom. The fourth-order valence-electron chi connectivity index (χ4n) is 2.86. The molecule has 29 heavy (non-hydrogen) atoms. The molecule has 0 saturated heterocycles. The van der Waals surface area contributed by atoms with Crippen molar-refractivity contribution in [3.63, 3.8) is 0 Å². The zero-order valence-electron chi connectivity index (χ0n) is 17.4. The summed E-state index contributed by atoms with van der Waals surface area (Å²) in [7, 11) is -4.19. The highest BCUT2D eigenvalue weighted by molar-refractivity contribution is 7.90. The number of hydrogen-bond donors (Lipinski definition) is 2. The number of anilines is 1. The van der Waals surface area contributed by atoms with Crippen molar-refractivity contribution in [3.8, 4) is 0 Å². The predicted octanol–water partition coefficient (Wildman–Crippen LogP) is 3.74. The van der Waals surface area contributed by atoms with Crippen molar-refractivity contribution in [2.45, 2.75) is 58.3 Å². The zero-order chi connectivity index (χ0) is 21.9. The topological polar surface area (TPSA) is 118 Å². The largest absolute Gasteiger partial charge is 0.333 e. The maximum atomic E-state index is 12.5. The third-order valence-corrected chi connectivity index (χ3v) is 5.59. The van der Waals surface area contributed by atoms with Gasteiger partial charge in [0.1, 0.15) is 4.90 Å². The SMILES string of the molecule is CC(=O)c1ncc(S(=O)(=O)NC(=O)Nc2c(C(C)C)cc(C)cc2C(C)C)cn1. The molecule has 156 valence electrons. The van der Waals surface area contributed by atoms with Crippen molar-refractivity contribution in [2.75, 3.05) is 5.32 Å². The first-order valence-corrected chi connectivity index (χ1v) is 10.7. The normalized spacial score (nSPS) is 11.6. The number of amides is 2. The van der Waals surface area contributed by atoms with E-state index in [9.17, 15) is 18.0 Å². The average Bonchev–Trinajstić information content (AvgIpc) is 2.62. The van der Waals surface area contributed by atoms with Gasteiger partial charge in [-0.15, -0.1) is 0 Å². The number of aryl methyl sites for hydroxylation is 1. The minimum Gasteiger partial charge on any atom is -0.307 e. The lowest BCUT2D eigenvalue weighted by Gasteiger charge is -2.21. The van der Waals surface area contributed by atoms with Gasteiger partial charge in [-0.25, -0.2) is 27.9 Å². The average molecular weight is 419 g/mol. The van der Waals surface area contributed by atoms with Crippen LogP contribution < -0.4 is 10.0 Å². The lowest BCUT2D eigenvalue weighted by atomic mass is 9.90. The van der Waals surface area contributed by atoms with E-state index in [1.807, 2.05) is 51.5 Å². The van der Waals surface area contributed by atoms with Gasteiger partial charge in [0.15, 0.2) is 11.6 Å². The van der Waals surface area contributed by atoms with Crippen LogP contribution in [-0.2, 0) is 10.0 Å². The van der Waals surface area contributed by atoms with Gasteiger partial charge in [0.2, 0.25) is 0 Å². The summed E-state index contributed by atoms with van der Waals surface area (Å²) in [5.74, 6) is -0.226. The number of hydrogen-bond acceptors (Lipinski definition) is 6. The van der Waals surface area contributed by atoms with Gasteiger partial charge in [-0.05, 0) is 29.9 Å². The summed E-state index contributed by atoms with van der Waals surface area (Å²) in [5, 5.41) is 2.70. The Balaban J connectivity index is 2.31. The number of carbonyl (C=O) groups is 2. The Morgan fingerprint density at radius 2 is 1.45 bits per heavy atom. The Bertz CT molecular complexity index is 1000. The fraction of sp³-hybridized carbons (Fsp3) is 0.400. The molecule has 2 N–H and O–H groups in total. The molecule has 0 unspecified atom stereocenters. The third-order valence-electron chi connectivity index (χ3n) is 4.31. The van der Waals surface area contributed by atoms with Crippen molar-refractivity contribution in [1.29, 1.82) is 0 Å². The number of sulfonamides is 1. The maximum absolute atomic E-state index is 12.5. The van der Waals surface area contributed by atoms with Crippen LogP contribution in [0.3, 0.4) is 0 Å². The molecule has 9 heteroatoms.